The van der Waals surface area contributed by atoms with E-state index in [0.29, 0.717) is 0 Å². The van der Waals surface area contributed by atoms with Crippen molar-refractivity contribution in [1.29, 1.82) is 0 Å². The Kier molecular flexibility index (Phi) is 6.66. The monoisotopic (exact) mass is 706 g/mol. The number of hydrogen-bond acceptors (Lipinski definition) is 2. The van der Waals surface area contributed by atoms with E-state index in [2.05, 4.69) is 200 Å². The van der Waals surface area contributed by atoms with Crippen LogP contribution in [0.4, 0.5) is 28.4 Å². The normalized spacial score (nSPS) is 14.3. The zero-order valence-corrected chi connectivity index (χ0v) is 32.1. The molecular formula is C50H39BN2Si. The molecule has 0 spiro atoms. The maximum Gasteiger partial charge on any atom is 0.333 e. The largest absolute Gasteiger partial charge is 0.376 e. The average molecular weight is 707 g/mol. The molecule has 11 rings (SSSR count). The van der Waals surface area contributed by atoms with Crippen LogP contribution >= 0.6 is 0 Å². The maximum absolute atomic E-state index is 2.66. The third-order valence-electron chi connectivity index (χ3n) is 12.4. The van der Waals surface area contributed by atoms with Crippen molar-refractivity contribution in [3.63, 3.8) is 0 Å². The van der Waals surface area contributed by atoms with Crippen LogP contribution in [0.15, 0.2) is 164 Å². The molecule has 0 aliphatic carbocycles. The highest BCUT2D eigenvalue weighted by Gasteiger charge is 2.50. The van der Waals surface area contributed by atoms with Crippen LogP contribution < -0.4 is 31.0 Å². The van der Waals surface area contributed by atoms with Crippen molar-refractivity contribution in [3.8, 4) is 33.4 Å². The number of hydrogen-bond donors (Lipinski definition) is 0. The number of fused-ring (bicyclic) bond motifs is 7. The molecule has 4 heteroatoms. The van der Waals surface area contributed by atoms with Crippen LogP contribution in [0.5, 0.6) is 0 Å². The lowest BCUT2D eigenvalue weighted by molar-refractivity contribution is 1.27. The first-order valence-electron chi connectivity index (χ1n) is 19.1. The van der Waals surface area contributed by atoms with Gasteiger partial charge in [0.1, 0.15) is 8.07 Å². The van der Waals surface area contributed by atoms with Gasteiger partial charge in [-0.25, -0.2) is 0 Å². The van der Waals surface area contributed by atoms with E-state index in [0.717, 1.165) is 0 Å². The second-order valence-corrected chi connectivity index (χ2v) is 20.2. The number of rotatable bonds is 3. The van der Waals surface area contributed by atoms with Crippen molar-refractivity contribution in [2.24, 2.45) is 0 Å². The van der Waals surface area contributed by atoms with Crippen LogP contribution in [0.1, 0.15) is 11.1 Å². The third-order valence-corrected chi connectivity index (χ3v) is 16.0. The Morgan fingerprint density at radius 3 is 1.91 bits per heavy atom. The third kappa shape index (κ3) is 4.35. The fourth-order valence-electron chi connectivity index (χ4n) is 9.94. The molecule has 3 heterocycles. The molecule has 256 valence electrons. The topological polar surface area (TPSA) is 6.48 Å². The highest BCUT2D eigenvalue weighted by Crippen LogP contribution is 2.50. The van der Waals surface area contributed by atoms with Crippen LogP contribution in [-0.4, -0.2) is 14.9 Å². The first-order chi connectivity index (χ1) is 26.4. The van der Waals surface area contributed by atoms with Gasteiger partial charge in [0.25, 0.3) is 0 Å². The van der Waals surface area contributed by atoms with Crippen molar-refractivity contribution >= 4 is 75.4 Å². The minimum Gasteiger partial charge on any atom is -0.376 e. The first kappa shape index (κ1) is 31.4. The van der Waals surface area contributed by atoms with Crippen molar-refractivity contribution in [2.75, 3.05) is 9.71 Å². The Morgan fingerprint density at radius 1 is 0.481 bits per heavy atom. The zero-order valence-electron chi connectivity index (χ0n) is 31.1. The predicted molar refractivity (Wildman–Crippen MR) is 235 cm³/mol. The van der Waals surface area contributed by atoms with Crippen molar-refractivity contribution in [2.45, 2.75) is 26.9 Å². The first-order valence-corrected chi connectivity index (χ1v) is 22.1. The van der Waals surface area contributed by atoms with Gasteiger partial charge < -0.3 is 9.71 Å². The van der Waals surface area contributed by atoms with Crippen molar-refractivity contribution in [1.82, 2.24) is 0 Å². The van der Waals surface area contributed by atoms with Crippen molar-refractivity contribution in [3.05, 3.63) is 175 Å². The molecular weight excluding hydrogens is 667 g/mol. The van der Waals surface area contributed by atoms with Gasteiger partial charge in [-0.15, -0.1) is 0 Å². The van der Waals surface area contributed by atoms with Crippen molar-refractivity contribution < 1.29 is 0 Å². The van der Waals surface area contributed by atoms with Crippen LogP contribution in [0.2, 0.25) is 13.1 Å². The number of anilines is 5. The van der Waals surface area contributed by atoms with E-state index in [1.54, 1.807) is 0 Å². The standard InChI is InChI=1S/C50H39BN2Si/c1-32-14-12-15-33(2)48(32)38-29-41-40-28-36-18-8-9-19-37(36)30-44(40)53(39-26-24-35(25-27-39)34-16-6-5-7-17-34)51-42-20-13-23-47-50(42)52(45(31-38)49(41)51)43-21-10-11-22-46(43)54(47,3)4/h5-31H,1-4H3. The summed E-state index contributed by atoms with van der Waals surface area (Å²) >= 11 is 0. The smallest absolute Gasteiger partial charge is 0.333 e. The number of aryl methyl sites for hydroxylation is 2. The zero-order chi connectivity index (χ0) is 36.3. The van der Waals surface area contributed by atoms with E-state index in [-0.39, 0.29) is 6.85 Å². The van der Waals surface area contributed by atoms with Gasteiger partial charge in [0, 0.05) is 34.0 Å². The van der Waals surface area contributed by atoms with Gasteiger partial charge in [-0.2, -0.15) is 0 Å². The molecule has 0 aromatic heterocycles. The van der Waals surface area contributed by atoms with Crippen LogP contribution in [0.25, 0.3) is 44.2 Å². The molecule has 0 bridgehead atoms. The molecule has 8 aromatic rings. The van der Waals surface area contributed by atoms with E-state index in [9.17, 15) is 0 Å². The Morgan fingerprint density at radius 2 is 1.13 bits per heavy atom. The summed E-state index contributed by atoms with van der Waals surface area (Å²) in [6.07, 6.45) is 0. The molecule has 8 aromatic carbocycles. The Bertz CT molecular complexity index is 2820. The van der Waals surface area contributed by atoms with E-state index < -0.39 is 8.07 Å². The molecule has 0 saturated heterocycles. The summed E-state index contributed by atoms with van der Waals surface area (Å²) in [6.45, 7) is 9.58. The van der Waals surface area contributed by atoms with E-state index in [4.69, 9.17) is 0 Å². The van der Waals surface area contributed by atoms with Gasteiger partial charge in [-0.1, -0.05) is 134 Å². The van der Waals surface area contributed by atoms with Gasteiger partial charge in [-0.05, 0) is 127 Å². The molecule has 0 fully saturated rings. The van der Waals surface area contributed by atoms with Gasteiger partial charge in [0.15, 0.2) is 0 Å². The van der Waals surface area contributed by atoms with E-state index in [1.807, 2.05) is 0 Å². The SMILES string of the molecule is Cc1cccc(C)c1-c1cc2c3c(c1)N1c4ccccc4[Si](C)(C)c4cccc(c41)B3N(c1ccc(-c3ccccc3)cc1)c1cc3ccccc3cc1-2. The van der Waals surface area contributed by atoms with Crippen LogP contribution in [0, 0.1) is 13.8 Å². The van der Waals surface area contributed by atoms with Gasteiger partial charge >= 0.3 is 6.85 Å². The Hall–Kier alpha value is -6.10. The molecule has 0 unspecified atom stereocenters. The highest BCUT2D eigenvalue weighted by atomic mass is 28.3. The molecule has 2 nitrogen and oxygen atoms in total. The van der Waals surface area contributed by atoms with Crippen LogP contribution in [-0.2, 0) is 0 Å². The molecule has 0 saturated carbocycles. The Balaban J connectivity index is 1.27. The molecule has 0 amide bonds. The van der Waals surface area contributed by atoms with E-state index >= 15 is 0 Å². The summed E-state index contributed by atoms with van der Waals surface area (Å²) in [5.74, 6) is 0. The summed E-state index contributed by atoms with van der Waals surface area (Å²) in [5, 5.41) is 5.52. The molecule has 0 atom stereocenters. The molecule has 54 heavy (non-hydrogen) atoms. The number of nitrogens with zero attached hydrogens (tertiary/aromatic N) is 2. The fourth-order valence-corrected chi connectivity index (χ4v) is 12.9. The minimum absolute atomic E-state index is 0.0143. The maximum atomic E-state index is 2.66. The number of benzene rings is 8. The molecule has 0 radical (unpaired) electrons. The quantitative estimate of drug-likeness (QED) is 0.169. The summed E-state index contributed by atoms with van der Waals surface area (Å²) in [6, 6.07) is 61.9. The molecule has 3 aliphatic rings. The second-order valence-electron chi connectivity index (χ2n) is 15.8. The lowest BCUT2D eigenvalue weighted by Crippen LogP contribution is -2.67. The summed E-state index contributed by atoms with van der Waals surface area (Å²) in [7, 11) is -2.06. The summed E-state index contributed by atoms with van der Waals surface area (Å²) in [5.41, 5.74) is 19.5. The minimum atomic E-state index is -2.06. The van der Waals surface area contributed by atoms with Gasteiger partial charge in [0.05, 0.1) is 0 Å². The lowest BCUT2D eigenvalue weighted by Gasteiger charge is -2.50. The summed E-state index contributed by atoms with van der Waals surface area (Å²) in [4.78, 5) is 5.30. The van der Waals surface area contributed by atoms with E-state index in [1.165, 1.54) is 105 Å². The second kappa shape index (κ2) is 11.4. The Labute approximate surface area is 319 Å². The number of para-hydroxylation sites is 2. The van der Waals surface area contributed by atoms with Gasteiger partial charge in [0.2, 0.25) is 0 Å². The average Bonchev–Trinajstić information content (AvgIpc) is 3.20. The lowest BCUT2D eigenvalue weighted by atomic mass is 9.43. The fraction of sp³-hybridized carbons (Fsp3) is 0.0800. The van der Waals surface area contributed by atoms with Crippen LogP contribution in [0.3, 0.4) is 0 Å². The molecule has 3 aliphatic heterocycles. The summed E-state index contributed by atoms with van der Waals surface area (Å²) < 4.78 is 0. The van der Waals surface area contributed by atoms with Gasteiger partial charge in [-0.3, -0.25) is 0 Å². The highest BCUT2D eigenvalue weighted by molar-refractivity contribution is 7.04. The molecule has 0 N–H and O–H groups in total. The predicted octanol–water partition coefficient (Wildman–Crippen LogP) is 10.6.